The van der Waals surface area contributed by atoms with Crippen molar-refractivity contribution >= 4 is 5.90 Å². The van der Waals surface area contributed by atoms with Crippen molar-refractivity contribution in [2.75, 3.05) is 7.11 Å². The first-order valence-electron chi connectivity index (χ1n) is 9.88. The third-order valence-electron chi connectivity index (χ3n) is 6.67. The molecule has 0 spiro atoms. The molecule has 2 heterocycles. The Bertz CT molecular complexity index is 1350. The molecule has 2 aromatic carbocycles. The van der Waals surface area contributed by atoms with Gasteiger partial charge in [-0.2, -0.15) is 15.8 Å². The number of methoxy groups -OCH3 is 1. The Kier molecular flexibility index (Phi) is 5.23. The third-order valence-corrected chi connectivity index (χ3v) is 6.67. The summed E-state index contributed by atoms with van der Waals surface area (Å²) >= 11 is 0. The number of nitrogens with zero attached hydrogens (tertiary/aromatic N) is 3. The Morgan fingerprint density at radius 3 is 1.86 bits per heavy atom. The van der Waals surface area contributed by atoms with Crippen LogP contribution in [0, 0.1) is 85.2 Å². The van der Waals surface area contributed by atoms with Crippen LogP contribution in [0.15, 0.2) is 24.3 Å². The van der Waals surface area contributed by atoms with Crippen LogP contribution in [0.5, 0.6) is 5.75 Å². The van der Waals surface area contributed by atoms with Crippen molar-refractivity contribution < 1.29 is 36.2 Å². The zero-order valence-corrected chi connectivity index (χ0v) is 17.9. The summed E-state index contributed by atoms with van der Waals surface area (Å²) in [5.74, 6) is -15.9. The number of hydrogen-bond acceptors (Lipinski definition) is 7. The first kappa shape index (κ1) is 23.9. The number of nitrogens with one attached hydrogen (secondary N) is 1. The van der Waals surface area contributed by atoms with E-state index >= 15 is 0 Å². The molecule has 2 aromatic rings. The van der Waals surface area contributed by atoms with Gasteiger partial charge in [-0.05, 0) is 24.3 Å². The molecule has 178 valence electrons. The van der Waals surface area contributed by atoms with Gasteiger partial charge in [0.05, 0.1) is 36.8 Å². The van der Waals surface area contributed by atoms with Gasteiger partial charge < -0.3 is 14.2 Å². The molecule has 2 fully saturated rings. The van der Waals surface area contributed by atoms with Gasteiger partial charge in [-0.1, -0.05) is 6.92 Å². The van der Waals surface area contributed by atoms with Crippen LogP contribution in [0.25, 0.3) is 0 Å². The molecule has 2 aliphatic rings. The van der Waals surface area contributed by atoms with Gasteiger partial charge in [0.1, 0.15) is 11.9 Å². The summed E-state index contributed by atoms with van der Waals surface area (Å²) < 4.78 is 88.3. The molecule has 35 heavy (non-hydrogen) atoms. The largest absolute Gasteiger partial charge is 0.497 e. The van der Waals surface area contributed by atoms with Crippen LogP contribution in [0.1, 0.15) is 24.2 Å². The summed E-state index contributed by atoms with van der Waals surface area (Å²) in [6, 6.07) is 10.2. The lowest BCUT2D eigenvalue weighted by Gasteiger charge is -2.48. The van der Waals surface area contributed by atoms with Crippen molar-refractivity contribution in [2.24, 2.45) is 16.7 Å². The quantitative estimate of drug-likeness (QED) is 0.386. The zero-order valence-electron chi connectivity index (χ0n) is 17.9. The minimum absolute atomic E-state index is 0.0750. The van der Waals surface area contributed by atoms with Crippen molar-refractivity contribution in [1.29, 1.82) is 21.2 Å². The van der Waals surface area contributed by atoms with E-state index in [9.17, 15) is 37.7 Å². The molecule has 2 aliphatic heterocycles. The molecule has 2 bridgehead atoms. The van der Waals surface area contributed by atoms with E-state index in [0.717, 1.165) is 0 Å². The molecule has 4 unspecified atom stereocenters. The molecule has 0 aliphatic carbocycles. The topological polar surface area (TPSA) is 123 Å². The minimum atomic E-state index is -2.94. The predicted molar refractivity (Wildman–Crippen MR) is 104 cm³/mol. The lowest BCUT2D eigenvalue weighted by molar-refractivity contribution is -0.289. The Hall–Kier alpha value is -4.21. The van der Waals surface area contributed by atoms with Crippen LogP contribution in [0.2, 0.25) is 0 Å². The first-order chi connectivity index (χ1) is 16.5. The van der Waals surface area contributed by atoms with Gasteiger partial charge in [0, 0.05) is 5.56 Å². The molecule has 12 heteroatoms. The van der Waals surface area contributed by atoms with E-state index in [-0.39, 0.29) is 5.56 Å². The SMILES string of the molecule is COc1ccc(C23OC(=N)C(C#N)(C2C)C(C#N)(C#N)C(c2c(F)c(F)c(F)c(F)c2F)O3)cc1. The van der Waals surface area contributed by atoms with Crippen molar-refractivity contribution in [3.63, 3.8) is 0 Å². The van der Waals surface area contributed by atoms with Gasteiger partial charge in [-0.15, -0.1) is 0 Å². The fourth-order valence-electron chi connectivity index (χ4n) is 4.80. The lowest BCUT2D eigenvalue weighted by Crippen LogP contribution is -2.57. The maximum Gasteiger partial charge on any atom is 0.244 e. The Morgan fingerprint density at radius 1 is 0.886 bits per heavy atom. The lowest BCUT2D eigenvalue weighted by atomic mass is 9.53. The van der Waals surface area contributed by atoms with E-state index in [0.29, 0.717) is 5.75 Å². The molecule has 1 N–H and O–H groups in total. The minimum Gasteiger partial charge on any atom is -0.497 e. The highest BCUT2D eigenvalue weighted by Gasteiger charge is 2.80. The summed E-state index contributed by atoms with van der Waals surface area (Å²) in [4.78, 5) is 0. The monoisotopic (exact) mass is 488 g/mol. The van der Waals surface area contributed by atoms with E-state index in [4.69, 9.17) is 19.6 Å². The van der Waals surface area contributed by atoms with E-state index < -0.39 is 69.2 Å². The van der Waals surface area contributed by atoms with Gasteiger partial charge in [0.2, 0.25) is 22.9 Å². The summed E-state index contributed by atoms with van der Waals surface area (Å²) in [7, 11) is 1.38. The van der Waals surface area contributed by atoms with Crippen molar-refractivity contribution in [1.82, 2.24) is 0 Å². The number of halogens is 5. The van der Waals surface area contributed by atoms with Crippen LogP contribution in [0.4, 0.5) is 22.0 Å². The molecule has 4 rings (SSSR count). The highest BCUT2D eigenvalue weighted by molar-refractivity contribution is 5.89. The van der Waals surface area contributed by atoms with Crippen LogP contribution in [0.3, 0.4) is 0 Å². The second kappa shape index (κ2) is 7.66. The van der Waals surface area contributed by atoms with Crippen LogP contribution in [-0.2, 0) is 15.3 Å². The Morgan fingerprint density at radius 2 is 1.40 bits per heavy atom. The molecule has 0 aromatic heterocycles. The van der Waals surface area contributed by atoms with Gasteiger partial charge >= 0.3 is 0 Å². The highest BCUT2D eigenvalue weighted by atomic mass is 19.2. The van der Waals surface area contributed by atoms with Crippen molar-refractivity contribution in [3.8, 4) is 24.0 Å². The highest BCUT2D eigenvalue weighted by Crippen LogP contribution is 2.69. The molecular weight excluding hydrogens is 475 g/mol. The normalized spacial score (nSPS) is 28.4. The maximum atomic E-state index is 14.9. The third kappa shape index (κ3) is 2.62. The van der Waals surface area contributed by atoms with Crippen LogP contribution in [-0.4, -0.2) is 13.0 Å². The van der Waals surface area contributed by atoms with Crippen LogP contribution < -0.4 is 4.74 Å². The second-order valence-electron chi connectivity index (χ2n) is 7.98. The number of nitriles is 3. The molecule has 4 atom stereocenters. The maximum absolute atomic E-state index is 14.9. The standard InChI is InChI=1S/C23H13F5N4O3/c1-10-22(9-31)20(32)35-23(10,11-3-5-12(33-2)6-4-11)34-19(21(22,7-29)8-30)13-14(24)16(26)18(28)17(27)15(13)25/h3-6,10,19,32H,1-2H3. The summed E-state index contributed by atoms with van der Waals surface area (Å²) in [6.45, 7) is 1.31. The van der Waals surface area contributed by atoms with E-state index in [1.165, 1.54) is 50.4 Å². The molecule has 0 amide bonds. The van der Waals surface area contributed by atoms with Gasteiger partial charge in [0.25, 0.3) is 0 Å². The molecule has 0 radical (unpaired) electrons. The number of rotatable bonds is 3. The van der Waals surface area contributed by atoms with Gasteiger partial charge in [-0.3, -0.25) is 5.41 Å². The summed E-state index contributed by atoms with van der Waals surface area (Å²) in [5, 5.41) is 38.7. The van der Waals surface area contributed by atoms with Crippen LogP contribution >= 0.6 is 0 Å². The fourth-order valence-corrected chi connectivity index (χ4v) is 4.80. The van der Waals surface area contributed by atoms with E-state index in [2.05, 4.69) is 0 Å². The smallest absolute Gasteiger partial charge is 0.244 e. The average molecular weight is 488 g/mol. The fraction of sp³-hybridized carbons (Fsp3) is 0.304. The summed E-state index contributed by atoms with van der Waals surface area (Å²) in [6.07, 6.45) is -2.53. The second-order valence-corrected chi connectivity index (χ2v) is 7.98. The summed E-state index contributed by atoms with van der Waals surface area (Å²) in [5.41, 5.74) is -7.01. The zero-order chi connectivity index (χ0) is 25.9. The number of benzene rings is 2. The number of fused-ring (bicyclic) bond motifs is 2. The molecule has 0 saturated carbocycles. The van der Waals surface area contributed by atoms with Crippen molar-refractivity contribution in [3.05, 3.63) is 64.5 Å². The Balaban J connectivity index is 2.11. The van der Waals surface area contributed by atoms with Gasteiger partial charge in [-0.25, -0.2) is 22.0 Å². The van der Waals surface area contributed by atoms with E-state index in [1.807, 2.05) is 0 Å². The molecule has 2 saturated heterocycles. The number of ether oxygens (including phenoxy) is 3. The van der Waals surface area contributed by atoms with Crippen molar-refractivity contribution in [2.45, 2.75) is 18.8 Å². The molecular formula is C23H13F5N4O3. The van der Waals surface area contributed by atoms with E-state index in [1.54, 1.807) is 6.07 Å². The van der Waals surface area contributed by atoms with Gasteiger partial charge in [0.15, 0.2) is 28.7 Å². The average Bonchev–Trinajstić information content (AvgIpc) is 3.03. The molecule has 7 nitrogen and oxygen atoms in total. The predicted octanol–water partition coefficient (Wildman–Crippen LogP) is 4.50. The number of hydrogen-bond donors (Lipinski definition) is 1. The first-order valence-corrected chi connectivity index (χ1v) is 9.88. The Labute approximate surface area is 195 Å².